The number of H-pyrrole nitrogens is 1. The van der Waals surface area contributed by atoms with Gasteiger partial charge in [-0.2, -0.15) is 0 Å². The minimum absolute atomic E-state index is 0. The van der Waals surface area contributed by atoms with Crippen molar-refractivity contribution in [3.05, 3.63) is 35.5 Å². The number of amides is 1. The van der Waals surface area contributed by atoms with E-state index in [2.05, 4.69) is 40.7 Å². The van der Waals surface area contributed by atoms with Crippen molar-refractivity contribution in [3.63, 3.8) is 0 Å². The van der Waals surface area contributed by atoms with Crippen LogP contribution in [0.25, 0.3) is 10.9 Å². The molecule has 1 aromatic carbocycles. The van der Waals surface area contributed by atoms with Crippen LogP contribution in [0.15, 0.2) is 24.4 Å². The molecule has 0 saturated heterocycles. The van der Waals surface area contributed by atoms with E-state index < -0.39 is 0 Å². The lowest BCUT2D eigenvalue weighted by Gasteiger charge is -2.04. The van der Waals surface area contributed by atoms with Gasteiger partial charge < -0.3 is 15.6 Å². The molecule has 0 aliphatic heterocycles. The summed E-state index contributed by atoms with van der Waals surface area (Å²) in [7, 11) is 1.77. The number of likely N-dealkylation sites (N-methyl/N-ethyl adjacent to an activating group) is 1. The first-order valence-corrected chi connectivity index (χ1v) is 6.19. The molecule has 104 valence electrons. The first kappa shape index (κ1) is 15.5. The topological polar surface area (TPSA) is 56.9 Å². The van der Waals surface area contributed by atoms with Crippen molar-refractivity contribution < 1.29 is 4.79 Å². The summed E-state index contributed by atoms with van der Waals surface area (Å²) in [4.78, 5) is 14.6. The largest absolute Gasteiger partial charge is 0.361 e. The predicted octanol–water partition coefficient (Wildman–Crippen LogP) is 1.78. The summed E-state index contributed by atoms with van der Waals surface area (Å²) in [5.41, 5.74) is 3.69. The zero-order chi connectivity index (χ0) is 13.0. The Kier molecular flexibility index (Phi) is 5.86. The molecule has 1 heterocycles. The quantitative estimate of drug-likeness (QED) is 0.782. The summed E-state index contributed by atoms with van der Waals surface area (Å²) < 4.78 is 0. The molecule has 0 atom stereocenters. The number of nitrogens with one attached hydrogen (secondary N) is 3. The lowest BCUT2D eigenvalue weighted by Crippen LogP contribution is -2.33. The Morgan fingerprint density at radius 2 is 2.16 bits per heavy atom. The van der Waals surface area contributed by atoms with E-state index in [4.69, 9.17) is 0 Å². The van der Waals surface area contributed by atoms with Crippen molar-refractivity contribution in [2.45, 2.75) is 13.3 Å². The number of para-hydroxylation sites is 1. The van der Waals surface area contributed by atoms with Crippen molar-refractivity contribution in [1.29, 1.82) is 0 Å². The van der Waals surface area contributed by atoms with Crippen molar-refractivity contribution >= 4 is 29.2 Å². The first-order chi connectivity index (χ1) is 8.72. The molecule has 0 bridgehead atoms. The summed E-state index contributed by atoms with van der Waals surface area (Å²) in [6.07, 6.45) is 2.88. The number of carbonyl (C=O) groups excluding carboxylic acids is 1. The van der Waals surface area contributed by atoms with Gasteiger partial charge in [-0.25, -0.2) is 0 Å². The van der Waals surface area contributed by atoms with Crippen LogP contribution in [0.4, 0.5) is 0 Å². The van der Waals surface area contributed by atoms with Crippen LogP contribution in [0.1, 0.15) is 11.1 Å². The molecule has 1 amide bonds. The van der Waals surface area contributed by atoms with Gasteiger partial charge in [0, 0.05) is 23.6 Å². The normalized spacial score (nSPS) is 10.2. The third-order valence-electron chi connectivity index (χ3n) is 3.06. The number of halogens is 1. The van der Waals surface area contributed by atoms with Gasteiger partial charge in [-0.3, -0.25) is 4.79 Å². The van der Waals surface area contributed by atoms with Gasteiger partial charge in [0.2, 0.25) is 5.91 Å². The van der Waals surface area contributed by atoms with Crippen LogP contribution in [0.3, 0.4) is 0 Å². The lowest BCUT2D eigenvalue weighted by molar-refractivity contribution is -0.120. The van der Waals surface area contributed by atoms with Crippen molar-refractivity contribution in [1.82, 2.24) is 15.6 Å². The van der Waals surface area contributed by atoms with Gasteiger partial charge in [0.1, 0.15) is 0 Å². The molecule has 4 nitrogen and oxygen atoms in total. The van der Waals surface area contributed by atoms with E-state index in [1.165, 1.54) is 22.0 Å². The van der Waals surface area contributed by atoms with Crippen LogP contribution < -0.4 is 10.6 Å². The molecule has 0 fully saturated rings. The highest BCUT2D eigenvalue weighted by Crippen LogP contribution is 2.21. The number of benzene rings is 1. The number of aromatic amines is 1. The van der Waals surface area contributed by atoms with Crippen LogP contribution in [-0.2, 0) is 11.2 Å². The summed E-state index contributed by atoms with van der Waals surface area (Å²) in [5, 5.41) is 6.96. The molecule has 0 saturated carbocycles. The van der Waals surface area contributed by atoms with Crippen LogP contribution in [0.5, 0.6) is 0 Å². The van der Waals surface area contributed by atoms with E-state index in [-0.39, 0.29) is 18.3 Å². The number of hydrogen-bond acceptors (Lipinski definition) is 2. The van der Waals surface area contributed by atoms with Crippen molar-refractivity contribution in [3.8, 4) is 0 Å². The Hall–Kier alpha value is -1.52. The van der Waals surface area contributed by atoms with E-state index in [0.717, 1.165) is 6.42 Å². The average molecular weight is 282 g/mol. The van der Waals surface area contributed by atoms with E-state index in [9.17, 15) is 4.79 Å². The van der Waals surface area contributed by atoms with Crippen molar-refractivity contribution in [2.75, 3.05) is 20.1 Å². The highest BCUT2D eigenvalue weighted by molar-refractivity contribution is 5.86. The fraction of sp³-hybridized carbons (Fsp3) is 0.357. The molecule has 5 heteroatoms. The summed E-state index contributed by atoms with van der Waals surface area (Å²) in [5.74, 6) is 0.0357. The van der Waals surface area contributed by atoms with Gasteiger partial charge >= 0.3 is 0 Å². The second-order valence-corrected chi connectivity index (χ2v) is 4.44. The van der Waals surface area contributed by atoms with Crippen LogP contribution in [0, 0.1) is 6.92 Å². The minimum atomic E-state index is 0. The molecule has 0 aliphatic carbocycles. The molecule has 1 aromatic heterocycles. The molecule has 2 rings (SSSR count). The third kappa shape index (κ3) is 3.72. The fourth-order valence-corrected chi connectivity index (χ4v) is 2.13. The Balaban J connectivity index is 0.00000180. The van der Waals surface area contributed by atoms with E-state index in [1.807, 2.05) is 6.20 Å². The zero-order valence-electron chi connectivity index (χ0n) is 11.2. The number of carbonyl (C=O) groups is 1. The minimum Gasteiger partial charge on any atom is -0.361 e. The Morgan fingerprint density at radius 3 is 2.89 bits per heavy atom. The lowest BCUT2D eigenvalue weighted by atomic mass is 10.1. The number of hydrogen-bond donors (Lipinski definition) is 3. The van der Waals surface area contributed by atoms with Gasteiger partial charge in [0.25, 0.3) is 0 Å². The van der Waals surface area contributed by atoms with Crippen LogP contribution in [-0.4, -0.2) is 31.0 Å². The third-order valence-corrected chi connectivity index (χ3v) is 3.06. The molecule has 0 radical (unpaired) electrons. The Morgan fingerprint density at radius 1 is 1.37 bits per heavy atom. The first-order valence-electron chi connectivity index (χ1n) is 6.19. The number of rotatable bonds is 5. The molecule has 2 aromatic rings. The van der Waals surface area contributed by atoms with E-state index in [1.54, 1.807) is 7.05 Å². The highest BCUT2D eigenvalue weighted by Gasteiger charge is 2.05. The molecule has 3 N–H and O–H groups in total. The zero-order valence-corrected chi connectivity index (χ0v) is 12.1. The van der Waals surface area contributed by atoms with Gasteiger partial charge in [-0.05, 0) is 31.5 Å². The molecule has 0 aliphatic rings. The van der Waals surface area contributed by atoms with Crippen LogP contribution in [0.2, 0.25) is 0 Å². The summed E-state index contributed by atoms with van der Waals surface area (Å²) >= 11 is 0. The predicted molar refractivity (Wildman–Crippen MR) is 80.9 cm³/mol. The van der Waals surface area contributed by atoms with Gasteiger partial charge in [0.15, 0.2) is 0 Å². The number of aromatic nitrogens is 1. The molecule has 19 heavy (non-hydrogen) atoms. The maximum atomic E-state index is 11.3. The molecule has 0 spiro atoms. The summed E-state index contributed by atoms with van der Waals surface area (Å²) in [6, 6.07) is 6.27. The maximum absolute atomic E-state index is 11.3. The van der Waals surface area contributed by atoms with E-state index in [0.29, 0.717) is 13.1 Å². The van der Waals surface area contributed by atoms with E-state index >= 15 is 0 Å². The monoisotopic (exact) mass is 281 g/mol. The number of fused-ring (bicyclic) bond motifs is 1. The second-order valence-electron chi connectivity index (χ2n) is 4.44. The molecular weight excluding hydrogens is 262 g/mol. The van der Waals surface area contributed by atoms with Gasteiger partial charge in [0.05, 0.1) is 6.54 Å². The van der Waals surface area contributed by atoms with Crippen molar-refractivity contribution in [2.24, 2.45) is 0 Å². The highest BCUT2D eigenvalue weighted by atomic mass is 35.5. The fourth-order valence-electron chi connectivity index (χ4n) is 2.13. The van der Waals surface area contributed by atoms with Gasteiger partial charge in [-0.15, -0.1) is 12.4 Å². The number of aryl methyl sites for hydroxylation is 1. The summed E-state index contributed by atoms with van der Waals surface area (Å²) in [6.45, 7) is 3.13. The second kappa shape index (κ2) is 7.16. The smallest absolute Gasteiger partial charge is 0.233 e. The standard InChI is InChI=1S/C14H19N3O.ClH/c1-10-4-3-5-12-11(8-17-14(10)12)6-7-16-13(18)9-15-2;/h3-5,8,15,17H,6-7,9H2,1-2H3,(H,16,18);1H. The molecule has 0 unspecified atom stereocenters. The van der Waals surface area contributed by atoms with Crippen LogP contribution >= 0.6 is 12.4 Å². The maximum Gasteiger partial charge on any atom is 0.233 e. The Bertz CT molecular complexity index is 551. The average Bonchev–Trinajstić information content (AvgIpc) is 2.75. The molecular formula is C14H20ClN3O. The SMILES string of the molecule is CNCC(=O)NCCc1c[nH]c2c(C)cccc12.Cl. The van der Waals surface area contributed by atoms with Gasteiger partial charge in [-0.1, -0.05) is 18.2 Å². The Labute approximate surface area is 119 Å².